The number of hydrogen-bond donors (Lipinski definition) is 2. The van der Waals surface area contributed by atoms with Crippen molar-refractivity contribution >= 4 is 5.91 Å². The maximum Gasteiger partial charge on any atom is 0.263 e. The number of aromatic nitrogens is 1. The molecule has 0 spiro atoms. The predicted octanol–water partition coefficient (Wildman–Crippen LogP) is 2.59. The number of aliphatic hydroxyl groups is 1. The van der Waals surface area contributed by atoms with Gasteiger partial charge in [0.05, 0.1) is 12.4 Å². The highest BCUT2D eigenvalue weighted by Gasteiger charge is 2.24. The number of nitrogens with one attached hydrogen (secondary N) is 1. The zero-order chi connectivity index (χ0) is 18.5. The maximum atomic E-state index is 12.9. The molecule has 6 nitrogen and oxygen atoms in total. The van der Waals surface area contributed by atoms with E-state index in [1.54, 1.807) is 24.0 Å². The van der Waals surface area contributed by atoms with Crippen LogP contribution in [-0.4, -0.2) is 28.2 Å². The summed E-state index contributed by atoms with van der Waals surface area (Å²) in [5.41, 5.74) is 0.664. The van der Waals surface area contributed by atoms with Crippen LogP contribution in [0.5, 0.6) is 0 Å². The van der Waals surface area contributed by atoms with Crippen molar-refractivity contribution in [2.75, 3.05) is 6.54 Å². The number of furan rings is 1. The average molecular weight is 358 g/mol. The van der Waals surface area contributed by atoms with Gasteiger partial charge in [-0.1, -0.05) is 0 Å². The molecule has 1 fully saturated rings. The van der Waals surface area contributed by atoms with E-state index in [2.05, 4.69) is 5.32 Å². The number of pyridine rings is 1. The fraction of sp³-hybridized carbons (Fsp3) is 0.500. The normalized spacial score (nSPS) is 20.1. The summed E-state index contributed by atoms with van der Waals surface area (Å²) in [5.74, 6) is 0.564. The van der Waals surface area contributed by atoms with E-state index in [-0.39, 0.29) is 29.2 Å². The number of nitrogens with zero attached hydrogens (tertiary/aromatic N) is 1. The Hall–Kier alpha value is -2.34. The van der Waals surface area contributed by atoms with Crippen molar-refractivity contribution in [2.45, 2.75) is 57.6 Å². The Morgan fingerprint density at radius 1 is 1.31 bits per heavy atom. The first-order chi connectivity index (χ1) is 12.6. The van der Waals surface area contributed by atoms with Gasteiger partial charge in [0.2, 0.25) is 0 Å². The quantitative estimate of drug-likeness (QED) is 0.778. The van der Waals surface area contributed by atoms with Crippen molar-refractivity contribution < 1.29 is 14.3 Å². The molecule has 2 N–H and O–H groups in total. The van der Waals surface area contributed by atoms with Gasteiger partial charge in [0.25, 0.3) is 11.5 Å². The summed E-state index contributed by atoms with van der Waals surface area (Å²) in [7, 11) is 0. The van der Waals surface area contributed by atoms with Gasteiger partial charge in [-0.05, 0) is 62.8 Å². The number of aryl methyl sites for hydroxylation is 2. The topological polar surface area (TPSA) is 84.5 Å². The first-order valence-corrected chi connectivity index (χ1v) is 9.26. The van der Waals surface area contributed by atoms with Gasteiger partial charge in [-0.2, -0.15) is 0 Å². The van der Waals surface area contributed by atoms with Gasteiger partial charge in [-0.25, -0.2) is 0 Å². The van der Waals surface area contributed by atoms with Crippen molar-refractivity contribution in [1.29, 1.82) is 0 Å². The third-order valence-electron chi connectivity index (χ3n) is 5.08. The lowest BCUT2D eigenvalue weighted by Gasteiger charge is -2.27. The largest absolute Gasteiger partial charge is 0.469 e. The average Bonchev–Trinajstić information content (AvgIpc) is 3.13. The van der Waals surface area contributed by atoms with Gasteiger partial charge >= 0.3 is 0 Å². The van der Waals surface area contributed by atoms with E-state index in [0.717, 1.165) is 31.4 Å². The van der Waals surface area contributed by atoms with E-state index >= 15 is 0 Å². The van der Waals surface area contributed by atoms with E-state index < -0.39 is 0 Å². The number of aliphatic hydroxyl groups excluding tert-OH is 1. The number of carbonyl (C=O) groups excluding carboxylic acids is 1. The van der Waals surface area contributed by atoms with E-state index in [0.29, 0.717) is 24.9 Å². The molecule has 6 heteroatoms. The Bertz CT molecular complexity index is 787. The molecule has 0 aromatic carbocycles. The maximum absolute atomic E-state index is 12.9. The number of carbonyl (C=O) groups is 1. The van der Waals surface area contributed by atoms with Crippen LogP contribution in [0.1, 0.15) is 59.8 Å². The predicted molar refractivity (Wildman–Crippen MR) is 98.3 cm³/mol. The first kappa shape index (κ1) is 18.5. The Labute approximate surface area is 152 Å². The van der Waals surface area contributed by atoms with Gasteiger partial charge < -0.3 is 19.4 Å². The van der Waals surface area contributed by atoms with Crippen LogP contribution >= 0.6 is 0 Å². The summed E-state index contributed by atoms with van der Waals surface area (Å²) in [6.07, 6.45) is 7.53. The molecule has 26 heavy (non-hydrogen) atoms. The summed E-state index contributed by atoms with van der Waals surface area (Å²) in [6.45, 7) is 2.27. The molecule has 1 amide bonds. The zero-order valence-corrected chi connectivity index (χ0v) is 15.1. The lowest BCUT2D eigenvalue weighted by Crippen LogP contribution is -2.37. The van der Waals surface area contributed by atoms with Crippen molar-refractivity contribution in [2.24, 2.45) is 0 Å². The van der Waals surface area contributed by atoms with Crippen LogP contribution in [0.15, 0.2) is 39.9 Å². The van der Waals surface area contributed by atoms with E-state index in [9.17, 15) is 14.7 Å². The number of amides is 1. The molecule has 2 aromatic heterocycles. The van der Waals surface area contributed by atoms with Gasteiger partial charge in [0.15, 0.2) is 0 Å². The lowest BCUT2D eigenvalue weighted by atomic mass is 9.92. The van der Waals surface area contributed by atoms with Crippen molar-refractivity contribution in [3.05, 3.63) is 57.9 Å². The second kappa shape index (κ2) is 8.36. The minimum Gasteiger partial charge on any atom is -0.469 e. The van der Waals surface area contributed by atoms with Gasteiger partial charge in [0, 0.05) is 25.2 Å². The SMILES string of the molecule is Cc1ccn(C2CCC(O)CC2)c(=O)c1C(=O)NCCCc1ccco1. The van der Waals surface area contributed by atoms with Gasteiger partial charge in [0.1, 0.15) is 11.3 Å². The fourth-order valence-corrected chi connectivity index (χ4v) is 3.55. The van der Waals surface area contributed by atoms with Crippen molar-refractivity contribution in [3.63, 3.8) is 0 Å². The van der Waals surface area contributed by atoms with Crippen LogP contribution in [0.25, 0.3) is 0 Å². The Morgan fingerprint density at radius 2 is 2.08 bits per heavy atom. The Balaban J connectivity index is 1.65. The van der Waals surface area contributed by atoms with Crippen LogP contribution in [0.3, 0.4) is 0 Å². The summed E-state index contributed by atoms with van der Waals surface area (Å²) in [4.78, 5) is 25.4. The lowest BCUT2D eigenvalue weighted by molar-refractivity contribution is 0.0946. The van der Waals surface area contributed by atoms with E-state index in [1.165, 1.54) is 0 Å². The molecule has 0 saturated heterocycles. The molecular weight excluding hydrogens is 332 g/mol. The molecule has 0 atom stereocenters. The summed E-state index contributed by atoms with van der Waals surface area (Å²) in [6, 6.07) is 5.62. The highest BCUT2D eigenvalue weighted by molar-refractivity contribution is 5.95. The molecule has 0 aliphatic heterocycles. The Morgan fingerprint density at radius 3 is 2.77 bits per heavy atom. The third-order valence-corrected chi connectivity index (χ3v) is 5.08. The highest BCUT2D eigenvalue weighted by atomic mass is 16.3. The number of rotatable bonds is 6. The molecule has 140 valence electrons. The number of hydrogen-bond acceptors (Lipinski definition) is 4. The minimum absolute atomic E-state index is 0.0528. The van der Waals surface area contributed by atoms with Crippen LogP contribution in [0, 0.1) is 6.92 Å². The van der Waals surface area contributed by atoms with Crippen molar-refractivity contribution in [3.8, 4) is 0 Å². The van der Waals surface area contributed by atoms with Crippen molar-refractivity contribution in [1.82, 2.24) is 9.88 Å². The highest BCUT2D eigenvalue weighted by Crippen LogP contribution is 2.27. The van der Waals surface area contributed by atoms with Crippen LogP contribution in [0.2, 0.25) is 0 Å². The second-order valence-electron chi connectivity index (χ2n) is 6.99. The summed E-state index contributed by atoms with van der Waals surface area (Å²) in [5, 5.41) is 12.5. The monoisotopic (exact) mass is 358 g/mol. The minimum atomic E-state index is -0.322. The molecule has 0 unspecified atom stereocenters. The second-order valence-corrected chi connectivity index (χ2v) is 6.99. The summed E-state index contributed by atoms with van der Waals surface area (Å²) < 4.78 is 6.93. The smallest absolute Gasteiger partial charge is 0.263 e. The first-order valence-electron chi connectivity index (χ1n) is 9.26. The standard InChI is InChI=1S/C20H26N2O4/c1-14-10-12-22(15-6-8-16(23)9-7-15)20(25)18(14)19(24)21-11-2-4-17-5-3-13-26-17/h3,5,10,12-13,15-16,23H,2,4,6-9,11H2,1H3,(H,21,24). The molecule has 3 rings (SSSR count). The Kier molecular flexibility index (Phi) is 5.93. The molecule has 1 saturated carbocycles. The molecule has 0 bridgehead atoms. The molecular formula is C20H26N2O4. The zero-order valence-electron chi connectivity index (χ0n) is 15.1. The molecule has 1 aliphatic rings. The van der Waals surface area contributed by atoms with E-state index in [1.807, 2.05) is 18.2 Å². The van der Waals surface area contributed by atoms with E-state index in [4.69, 9.17) is 4.42 Å². The molecule has 0 radical (unpaired) electrons. The van der Waals surface area contributed by atoms with Crippen LogP contribution < -0.4 is 10.9 Å². The van der Waals surface area contributed by atoms with Gasteiger partial charge in [-0.3, -0.25) is 9.59 Å². The molecule has 1 aliphatic carbocycles. The molecule has 2 heterocycles. The third kappa shape index (κ3) is 4.25. The molecule has 2 aromatic rings. The van der Waals surface area contributed by atoms with Crippen LogP contribution in [-0.2, 0) is 6.42 Å². The summed E-state index contributed by atoms with van der Waals surface area (Å²) >= 11 is 0. The van der Waals surface area contributed by atoms with Crippen LogP contribution in [0.4, 0.5) is 0 Å². The fourth-order valence-electron chi connectivity index (χ4n) is 3.55. The van der Waals surface area contributed by atoms with Gasteiger partial charge in [-0.15, -0.1) is 0 Å².